The fraction of sp³-hybridized carbons (Fsp3) is 0.333. The second-order valence-electron chi connectivity index (χ2n) is 7.54. The zero-order valence-corrected chi connectivity index (χ0v) is 18.2. The molecular formula is C24H27N3O5. The van der Waals surface area contributed by atoms with Crippen molar-refractivity contribution in [3.8, 4) is 22.8 Å². The number of hydrogen-bond donors (Lipinski definition) is 1. The van der Waals surface area contributed by atoms with Gasteiger partial charge in [-0.15, -0.1) is 0 Å². The van der Waals surface area contributed by atoms with Crippen molar-refractivity contribution < 1.29 is 23.7 Å². The van der Waals surface area contributed by atoms with Crippen LogP contribution in [0.3, 0.4) is 0 Å². The molecule has 2 heterocycles. The standard InChI is InChI=1S/C24H27N3O5/c1-17-3-6-19(7-4-17)26-24(28)31-14-12-27-21(9-11-25-27)18-5-8-22(29-2)23(15-18)32-20-10-13-30-16-20/h3-9,11,15,20H,10,12-14,16H2,1-2H3,(H,26,28)/t20-/m1/s1. The summed E-state index contributed by atoms with van der Waals surface area (Å²) in [5.41, 5.74) is 3.64. The van der Waals surface area contributed by atoms with E-state index < -0.39 is 6.09 Å². The molecule has 0 spiro atoms. The first-order valence-corrected chi connectivity index (χ1v) is 10.6. The normalized spacial score (nSPS) is 15.4. The molecule has 1 aliphatic heterocycles. The lowest BCUT2D eigenvalue weighted by Gasteiger charge is -2.16. The molecular weight excluding hydrogens is 410 g/mol. The van der Waals surface area contributed by atoms with Crippen molar-refractivity contribution in [3.05, 3.63) is 60.3 Å². The van der Waals surface area contributed by atoms with Crippen LogP contribution in [0.4, 0.5) is 10.5 Å². The van der Waals surface area contributed by atoms with Crippen LogP contribution in [-0.4, -0.2) is 48.9 Å². The number of ether oxygens (including phenoxy) is 4. The molecule has 0 aliphatic carbocycles. The van der Waals surface area contributed by atoms with E-state index >= 15 is 0 Å². The van der Waals surface area contributed by atoms with Gasteiger partial charge in [0, 0.05) is 23.9 Å². The van der Waals surface area contributed by atoms with Crippen LogP contribution >= 0.6 is 0 Å². The summed E-state index contributed by atoms with van der Waals surface area (Å²) in [6, 6.07) is 15.2. The predicted molar refractivity (Wildman–Crippen MR) is 120 cm³/mol. The van der Waals surface area contributed by atoms with Gasteiger partial charge in [-0.25, -0.2) is 4.79 Å². The van der Waals surface area contributed by atoms with E-state index in [0.29, 0.717) is 36.9 Å². The molecule has 0 radical (unpaired) electrons. The summed E-state index contributed by atoms with van der Waals surface area (Å²) in [6.45, 7) is 3.88. The first kappa shape index (κ1) is 21.7. The molecule has 2 aromatic carbocycles. The number of aromatic nitrogens is 2. The van der Waals surface area contributed by atoms with Gasteiger partial charge in [0.05, 0.1) is 32.6 Å². The number of nitrogens with zero attached hydrogens (tertiary/aromatic N) is 2. The van der Waals surface area contributed by atoms with Crippen molar-refractivity contribution in [1.82, 2.24) is 9.78 Å². The molecule has 0 saturated carbocycles. The molecule has 1 saturated heterocycles. The third-order valence-corrected chi connectivity index (χ3v) is 5.19. The highest BCUT2D eigenvalue weighted by Gasteiger charge is 2.20. The fourth-order valence-corrected chi connectivity index (χ4v) is 3.49. The summed E-state index contributed by atoms with van der Waals surface area (Å²) in [5.74, 6) is 1.34. The van der Waals surface area contributed by atoms with Crippen LogP contribution < -0.4 is 14.8 Å². The topological polar surface area (TPSA) is 83.8 Å². The van der Waals surface area contributed by atoms with Crippen molar-refractivity contribution in [2.45, 2.75) is 26.0 Å². The van der Waals surface area contributed by atoms with E-state index in [9.17, 15) is 4.79 Å². The lowest BCUT2D eigenvalue weighted by atomic mass is 10.1. The van der Waals surface area contributed by atoms with Crippen LogP contribution in [0.25, 0.3) is 11.3 Å². The van der Waals surface area contributed by atoms with E-state index in [1.807, 2.05) is 55.5 Å². The summed E-state index contributed by atoms with van der Waals surface area (Å²) < 4.78 is 24.1. The Kier molecular flexibility index (Phi) is 6.91. The van der Waals surface area contributed by atoms with Crippen molar-refractivity contribution >= 4 is 11.8 Å². The minimum absolute atomic E-state index is 0.0181. The number of hydrogen-bond acceptors (Lipinski definition) is 6. The van der Waals surface area contributed by atoms with Crippen molar-refractivity contribution in [2.24, 2.45) is 0 Å². The number of amides is 1. The van der Waals surface area contributed by atoms with Gasteiger partial charge in [-0.3, -0.25) is 10.00 Å². The molecule has 8 nitrogen and oxygen atoms in total. The van der Waals surface area contributed by atoms with E-state index in [1.165, 1.54) is 0 Å². The first-order valence-electron chi connectivity index (χ1n) is 10.6. The number of rotatable bonds is 8. The third kappa shape index (κ3) is 5.39. The van der Waals surface area contributed by atoms with Gasteiger partial charge < -0.3 is 18.9 Å². The van der Waals surface area contributed by atoms with Crippen LogP contribution in [-0.2, 0) is 16.0 Å². The molecule has 1 aliphatic rings. The van der Waals surface area contributed by atoms with Crippen molar-refractivity contribution in [3.63, 3.8) is 0 Å². The monoisotopic (exact) mass is 437 g/mol. The summed E-state index contributed by atoms with van der Waals surface area (Å²) in [7, 11) is 1.62. The summed E-state index contributed by atoms with van der Waals surface area (Å²) in [4.78, 5) is 12.1. The van der Waals surface area contributed by atoms with Crippen molar-refractivity contribution in [2.75, 3.05) is 32.2 Å². The molecule has 1 fully saturated rings. The minimum Gasteiger partial charge on any atom is -0.493 e. The molecule has 1 atom stereocenters. The molecule has 32 heavy (non-hydrogen) atoms. The zero-order valence-electron chi connectivity index (χ0n) is 18.2. The van der Waals surface area contributed by atoms with E-state index in [-0.39, 0.29) is 12.7 Å². The van der Waals surface area contributed by atoms with E-state index in [1.54, 1.807) is 18.0 Å². The summed E-state index contributed by atoms with van der Waals surface area (Å²) in [5, 5.41) is 7.09. The Balaban J connectivity index is 1.38. The smallest absolute Gasteiger partial charge is 0.411 e. The average molecular weight is 437 g/mol. The number of methoxy groups -OCH3 is 1. The lowest BCUT2D eigenvalue weighted by Crippen LogP contribution is -2.18. The first-order chi connectivity index (χ1) is 15.6. The van der Waals surface area contributed by atoms with Crippen LogP contribution in [0.1, 0.15) is 12.0 Å². The van der Waals surface area contributed by atoms with Gasteiger partial charge in [0.2, 0.25) is 0 Å². The van der Waals surface area contributed by atoms with Crippen LogP contribution in [0, 0.1) is 6.92 Å². The molecule has 4 rings (SSSR count). The maximum absolute atomic E-state index is 12.1. The van der Waals surface area contributed by atoms with Gasteiger partial charge in [-0.1, -0.05) is 17.7 Å². The number of carbonyl (C=O) groups excluding carboxylic acids is 1. The largest absolute Gasteiger partial charge is 0.493 e. The predicted octanol–water partition coefficient (Wildman–Crippen LogP) is 4.28. The second-order valence-corrected chi connectivity index (χ2v) is 7.54. The Labute approximate surface area is 187 Å². The quantitative estimate of drug-likeness (QED) is 0.566. The second kappa shape index (κ2) is 10.2. The number of benzene rings is 2. The number of nitrogens with one attached hydrogen (secondary N) is 1. The Morgan fingerprint density at radius 1 is 1.19 bits per heavy atom. The maximum atomic E-state index is 12.1. The fourth-order valence-electron chi connectivity index (χ4n) is 3.49. The highest BCUT2D eigenvalue weighted by molar-refractivity contribution is 5.84. The van der Waals surface area contributed by atoms with Crippen LogP contribution in [0.2, 0.25) is 0 Å². The number of carbonyl (C=O) groups is 1. The molecule has 1 N–H and O–H groups in total. The number of aryl methyl sites for hydroxylation is 1. The Hall–Kier alpha value is -3.52. The Morgan fingerprint density at radius 3 is 2.78 bits per heavy atom. The Bertz CT molecular complexity index is 1040. The maximum Gasteiger partial charge on any atom is 0.411 e. The van der Waals surface area contributed by atoms with Gasteiger partial charge in [-0.05, 0) is 43.3 Å². The van der Waals surface area contributed by atoms with Crippen molar-refractivity contribution in [1.29, 1.82) is 0 Å². The molecule has 8 heteroatoms. The molecule has 168 valence electrons. The molecule has 0 unspecified atom stereocenters. The Morgan fingerprint density at radius 2 is 2.03 bits per heavy atom. The highest BCUT2D eigenvalue weighted by atomic mass is 16.6. The van der Waals surface area contributed by atoms with E-state index in [2.05, 4.69) is 10.4 Å². The lowest BCUT2D eigenvalue weighted by molar-refractivity contribution is 0.138. The summed E-state index contributed by atoms with van der Waals surface area (Å²) >= 11 is 0. The van der Waals surface area contributed by atoms with Gasteiger partial charge in [0.1, 0.15) is 12.7 Å². The molecule has 3 aromatic rings. The SMILES string of the molecule is COc1ccc(-c2ccnn2CCOC(=O)Nc2ccc(C)cc2)cc1O[C@@H]1CCOC1. The van der Waals surface area contributed by atoms with Crippen LogP contribution in [0.5, 0.6) is 11.5 Å². The van der Waals surface area contributed by atoms with Gasteiger partial charge in [0.15, 0.2) is 11.5 Å². The van der Waals surface area contributed by atoms with Gasteiger partial charge >= 0.3 is 6.09 Å². The van der Waals surface area contributed by atoms with Gasteiger partial charge in [-0.2, -0.15) is 5.10 Å². The number of anilines is 1. The molecule has 0 bridgehead atoms. The van der Waals surface area contributed by atoms with Gasteiger partial charge in [0.25, 0.3) is 0 Å². The third-order valence-electron chi connectivity index (χ3n) is 5.19. The molecule has 1 aromatic heterocycles. The van der Waals surface area contributed by atoms with E-state index in [4.69, 9.17) is 18.9 Å². The average Bonchev–Trinajstić information content (AvgIpc) is 3.47. The van der Waals surface area contributed by atoms with Crippen LogP contribution in [0.15, 0.2) is 54.7 Å². The van der Waals surface area contributed by atoms with E-state index in [0.717, 1.165) is 23.2 Å². The molecule has 1 amide bonds. The summed E-state index contributed by atoms with van der Waals surface area (Å²) in [6.07, 6.45) is 2.09. The zero-order chi connectivity index (χ0) is 22.3. The highest BCUT2D eigenvalue weighted by Crippen LogP contribution is 2.34. The minimum atomic E-state index is -0.499.